The lowest BCUT2D eigenvalue weighted by molar-refractivity contribution is -0.122. The summed E-state index contributed by atoms with van der Waals surface area (Å²) in [5.41, 5.74) is 1.54. The lowest BCUT2D eigenvalue weighted by Crippen LogP contribution is -2.50. The van der Waals surface area contributed by atoms with Gasteiger partial charge in [-0.2, -0.15) is 0 Å². The second-order valence-corrected chi connectivity index (χ2v) is 7.34. The maximum absolute atomic E-state index is 12.3. The van der Waals surface area contributed by atoms with Gasteiger partial charge in [0.1, 0.15) is 6.04 Å². The second-order valence-electron chi connectivity index (χ2n) is 5.48. The van der Waals surface area contributed by atoms with Gasteiger partial charge in [0.25, 0.3) is 0 Å². The molecule has 0 aliphatic carbocycles. The standard InChI is InChI=1S/C15H24N2O3S/c1-6-14(15(18)16-11(2)3)17(21(5,19)20)13-9-7-12(4)8-10-13/h7-11,14H,6H2,1-5H3,(H,16,18). The number of carbonyl (C=O) groups excluding carboxylic acids is 1. The maximum Gasteiger partial charge on any atom is 0.244 e. The third-order valence-corrected chi connectivity index (χ3v) is 4.23. The Kier molecular flexibility index (Phi) is 5.78. The molecule has 0 bridgehead atoms. The molecule has 0 saturated heterocycles. The fraction of sp³-hybridized carbons (Fsp3) is 0.533. The molecule has 118 valence electrons. The van der Waals surface area contributed by atoms with E-state index in [1.165, 1.54) is 4.31 Å². The molecule has 1 rings (SSSR count). The average Bonchev–Trinajstić information content (AvgIpc) is 2.34. The smallest absolute Gasteiger partial charge is 0.244 e. The summed E-state index contributed by atoms with van der Waals surface area (Å²) >= 11 is 0. The predicted molar refractivity (Wildman–Crippen MR) is 85.9 cm³/mol. The molecule has 1 aromatic carbocycles. The van der Waals surface area contributed by atoms with E-state index in [4.69, 9.17) is 0 Å². The highest BCUT2D eigenvalue weighted by molar-refractivity contribution is 7.92. The molecule has 5 nitrogen and oxygen atoms in total. The molecular formula is C15H24N2O3S. The summed E-state index contributed by atoms with van der Waals surface area (Å²) in [5, 5.41) is 2.78. The van der Waals surface area contributed by atoms with E-state index in [1.807, 2.05) is 32.9 Å². The van der Waals surface area contributed by atoms with Crippen LogP contribution in [-0.2, 0) is 14.8 Å². The highest BCUT2D eigenvalue weighted by Gasteiger charge is 2.31. The first-order valence-corrected chi connectivity index (χ1v) is 8.88. The largest absolute Gasteiger partial charge is 0.352 e. The van der Waals surface area contributed by atoms with Crippen molar-refractivity contribution in [1.82, 2.24) is 5.32 Å². The first-order valence-electron chi connectivity index (χ1n) is 7.03. The van der Waals surface area contributed by atoms with E-state index in [0.717, 1.165) is 11.8 Å². The quantitative estimate of drug-likeness (QED) is 0.874. The summed E-state index contributed by atoms with van der Waals surface area (Å²) < 4.78 is 25.5. The van der Waals surface area contributed by atoms with Crippen LogP contribution < -0.4 is 9.62 Å². The third kappa shape index (κ3) is 4.74. The minimum absolute atomic E-state index is 0.0361. The summed E-state index contributed by atoms with van der Waals surface area (Å²) in [6.45, 7) is 7.43. The van der Waals surface area contributed by atoms with Gasteiger partial charge < -0.3 is 5.32 Å². The van der Waals surface area contributed by atoms with Crippen LogP contribution in [0, 0.1) is 6.92 Å². The molecular weight excluding hydrogens is 288 g/mol. The van der Waals surface area contributed by atoms with Gasteiger partial charge in [0.05, 0.1) is 11.9 Å². The van der Waals surface area contributed by atoms with Gasteiger partial charge in [-0.3, -0.25) is 9.10 Å². The number of hydrogen-bond acceptors (Lipinski definition) is 3. The van der Waals surface area contributed by atoms with Gasteiger partial charge in [0.15, 0.2) is 0 Å². The van der Waals surface area contributed by atoms with Gasteiger partial charge in [-0.1, -0.05) is 24.6 Å². The maximum atomic E-state index is 12.3. The number of carbonyl (C=O) groups is 1. The monoisotopic (exact) mass is 312 g/mol. The van der Waals surface area contributed by atoms with E-state index >= 15 is 0 Å². The molecule has 0 saturated carbocycles. The minimum Gasteiger partial charge on any atom is -0.352 e. The SMILES string of the molecule is CCC(C(=O)NC(C)C)N(c1ccc(C)cc1)S(C)(=O)=O. The molecule has 21 heavy (non-hydrogen) atoms. The zero-order valence-corrected chi connectivity index (χ0v) is 14.1. The Morgan fingerprint density at radius 3 is 2.14 bits per heavy atom. The van der Waals surface area contributed by atoms with E-state index in [2.05, 4.69) is 5.32 Å². The van der Waals surface area contributed by atoms with Crippen molar-refractivity contribution in [3.05, 3.63) is 29.8 Å². The Labute approximate surface area is 127 Å². The molecule has 1 unspecified atom stereocenters. The lowest BCUT2D eigenvalue weighted by atomic mass is 10.1. The zero-order valence-electron chi connectivity index (χ0n) is 13.3. The number of rotatable bonds is 6. The van der Waals surface area contributed by atoms with Crippen molar-refractivity contribution in [2.45, 2.75) is 46.2 Å². The van der Waals surface area contributed by atoms with Crippen molar-refractivity contribution in [2.24, 2.45) is 0 Å². The molecule has 0 aromatic heterocycles. The number of nitrogens with zero attached hydrogens (tertiary/aromatic N) is 1. The van der Waals surface area contributed by atoms with Crippen LogP contribution in [0.2, 0.25) is 0 Å². The summed E-state index contributed by atoms with van der Waals surface area (Å²) in [6, 6.07) is 6.33. The highest BCUT2D eigenvalue weighted by Crippen LogP contribution is 2.23. The van der Waals surface area contributed by atoms with Gasteiger partial charge in [-0.25, -0.2) is 8.42 Å². The van der Waals surface area contributed by atoms with Crippen molar-refractivity contribution in [1.29, 1.82) is 0 Å². The number of nitrogens with one attached hydrogen (secondary N) is 1. The fourth-order valence-electron chi connectivity index (χ4n) is 2.13. The zero-order chi connectivity index (χ0) is 16.2. The molecule has 1 aromatic rings. The second kappa shape index (κ2) is 6.93. The van der Waals surface area contributed by atoms with Gasteiger partial charge in [0.2, 0.25) is 15.9 Å². The number of aryl methyl sites for hydroxylation is 1. The first kappa shape index (κ1) is 17.5. The van der Waals surface area contributed by atoms with Crippen LogP contribution in [0.25, 0.3) is 0 Å². The Morgan fingerprint density at radius 2 is 1.76 bits per heavy atom. The molecule has 0 fully saturated rings. The topological polar surface area (TPSA) is 66.5 Å². The third-order valence-electron chi connectivity index (χ3n) is 3.05. The summed E-state index contributed by atoms with van der Waals surface area (Å²) in [6.07, 6.45) is 1.53. The molecule has 0 spiro atoms. The highest BCUT2D eigenvalue weighted by atomic mass is 32.2. The molecule has 1 amide bonds. The predicted octanol–water partition coefficient (Wildman–Crippen LogP) is 2.06. The Balaban J connectivity index is 3.23. The van der Waals surface area contributed by atoms with Crippen molar-refractivity contribution in [3.8, 4) is 0 Å². The van der Waals surface area contributed by atoms with Crippen molar-refractivity contribution in [3.63, 3.8) is 0 Å². The summed E-state index contributed by atoms with van der Waals surface area (Å²) in [4.78, 5) is 12.3. The normalized spacial score (nSPS) is 13.0. The van der Waals surface area contributed by atoms with E-state index < -0.39 is 16.1 Å². The number of anilines is 1. The van der Waals surface area contributed by atoms with Crippen molar-refractivity contribution < 1.29 is 13.2 Å². The van der Waals surface area contributed by atoms with Crippen LogP contribution in [0.5, 0.6) is 0 Å². The van der Waals surface area contributed by atoms with Crippen LogP contribution in [0.15, 0.2) is 24.3 Å². The van der Waals surface area contributed by atoms with Crippen LogP contribution >= 0.6 is 0 Å². The van der Waals surface area contributed by atoms with Crippen molar-refractivity contribution in [2.75, 3.05) is 10.6 Å². The Bertz CT molecular complexity index is 579. The number of benzene rings is 1. The van der Waals surface area contributed by atoms with Gasteiger partial charge in [-0.05, 0) is 39.3 Å². The van der Waals surface area contributed by atoms with Gasteiger partial charge in [-0.15, -0.1) is 0 Å². The van der Waals surface area contributed by atoms with E-state index in [9.17, 15) is 13.2 Å². The van der Waals surface area contributed by atoms with Crippen molar-refractivity contribution >= 4 is 21.6 Å². The molecule has 0 heterocycles. The van der Waals surface area contributed by atoms with Crippen LogP contribution in [-0.4, -0.2) is 32.7 Å². The average molecular weight is 312 g/mol. The van der Waals surface area contributed by atoms with Crippen LogP contribution in [0.4, 0.5) is 5.69 Å². The lowest BCUT2D eigenvalue weighted by Gasteiger charge is -2.30. The Hall–Kier alpha value is -1.56. The molecule has 6 heteroatoms. The number of hydrogen-bond donors (Lipinski definition) is 1. The molecule has 0 aliphatic heterocycles. The Morgan fingerprint density at radius 1 is 1.24 bits per heavy atom. The van der Waals surface area contributed by atoms with E-state index in [1.54, 1.807) is 19.1 Å². The summed E-state index contributed by atoms with van der Waals surface area (Å²) in [7, 11) is -3.55. The number of sulfonamides is 1. The van der Waals surface area contributed by atoms with Gasteiger partial charge >= 0.3 is 0 Å². The molecule has 1 atom stereocenters. The van der Waals surface area contributed by atoms with E-state index in [-0.39, 0.29) is 11.9 Å². The molecule has 1 N–H and O–H groups in total. The minimum atomic E-state index is -3.55. The molecule has 0 aliphatic rings. The van der Waals surface area contributed by atoms with Crippen LogP contribution in [0.3, 0.4) is 0 Å². The first-order chi connectivity index (χ1) is 9.66. The number of amides is 1. The van der Waals surface area contributed by atoms with E-state index in [0.29, 0.717) is 12.1 Å². The summed E-state index contributed by atoms with van der Waals surface area (Å²) in [5.74, 6) is -0.279. The van der Waals surface area contributed by atoms with Crippen LogP contribution in [0.1, 0.15) is 32.8 Å². The molecule has 0 radical (unpaired) electrons. The fourth-order valence-corrected chi connectivity index (χ4v) is 3.34. The van der Waals surface area contributed by atoms with Gasteiger partial charge in [0, 0.05) is 6.04 Å².